The molecule has 2 aromatic heterocycles. The molecule has 0 aliphatic heterocycles. The lowest BCUT2D eigenvalue weighted by atomic mass is 9.92. The van der Waals surface area contributed by atoms with Crippen molar-refractivity contribution in [1.29, 1.82) is 0 Å². The molecule has 3 nitrogen and oxygen atoms in total. The average Bonchev–Trinajstić information content (AvgIpc) is 3.78. The minimum atomic E-state index is 0.885. The van der Waals surface area contributed by atoms with Crippen LogP contribution in [0.3, 0.4) is 0 Å². The molecule has 0 unspecified atom stereocenters. The van der Waals surface area contributed by atoms with E-state index in [1.807, 2.05) is 12.1 Å². The zero-order valence-corrected chi connectivity index (χ0v) is 27.2. The highest BCUT2D eigenvalue weighted by Crippen LogP contribution is 2.45. The number of thiazole rings is 1. The van der Waals surface area contributed by atoms with Crippen LogP contribution >= 0.6 is 11.3 Å². The van der Waals surface area contributed by atoms with E-state index in [2.05, 4.69) is 163 Å². The molecule has 0 spiro atoms. The number of anilines is 3. The van der Waals surface area contributed by atoms with Gasteiger partial charge in [0.25, 0.3) is 0 Å². The fourth-order valence-corrected chi connectivity index (χ4v) is 8.17. The summed E-state index contributed by atoms with van der Waals surface area (Å²) in [6.45, 7) is 0. The largest absolute Gasteiger partial charge is 0.456 e. The number of aromatic nitrogens is 1. The van der Waals surface area contributed by atoms with E-state index in [0.717, 1.165) is 55.1 Å². The lowest BCUT2D eigenvalue weighted by molar-refractivity contribution is 0.669. The molecule has 8 aromatic carbocycles. The summed E-state index contributed by atoms with van der Waals surface area (Å²) in [6.07, 6.45) is 0. The van der Waals surface area contributed by atoms with Crippen molar-refractivity contribution >= 4 is 82.1 Å². The van der Waals surface area contributed by atoms with Crippen LogP contribution in [0.4, 0.5) is 17.1 Å². The van der Waals surface area contributed by atoms with Gasteiger partial charge in [0.15, 0.2) is 0 Å². The van der Waals surface area contributed by atoms with Gasteiger partial charge in [-0.25, -0.2) is 4.98 Å². The van der Waals surface area contributed by atoms with Crippen LogP contribution in [0.1, 0.15) is 0 Å². The molecule has 0 amide bonds. The third-order valence-electron chi connectivity index (χ3n) is 9.45. The SMILES string of the molecule is c1ccc(-c2nc3c(ccc4c(-c5ccccc5)cc5ccc(N(c6ccccc6)c6ccc7oc8ccccc8c7c6)cc5c43)s2)cc1. The average molecular weight is 645 g/mol. The molecule has 230 valence electrons. The number of hydrogen-bond donors (Lipinski definition) is 0. The second-order valence-electron chi connectivity index (χ2n) is 12.4. The molecular formula is C45H28N2OS. The summed E-state index contributed by atoms with van der Waals surface area (Å²) in [6, 6.07) is 60.3. The maximum absolute atomic E-state index is 6.20. The van der Waals surface area contributed by atoms with E-state index >= 15 is 0 Å². The lowest BCUT2D eigenvalue weighted by Crippen LogP contribution is -2.09. The zero-order chi connectivity index (χ0) is 32.3. The summed E-state index contributed by atoms with van der Waals surface area (Å²) in [5, 5.41) is 7.99. The van der Waals surface area contributed by atoms with Crippen molar-refractivity contribution in [1.82, 2.24) is 4.98 Å². The summed E-state index contributed by atoms with van der Waals surface area (Å²) >= 11 is 1.75. The third kappa shape index (κ3) is 4.61. The van der Waals surface area contributed by atoms with Gasteiger partial charge in [-0.3, -0.25) is 0 Å². The smallest absolute Gasteiger partial charge is 0.135 e. The first-order valence-electron chi connectivity index (χ1n) is 16.5. The standard InChI is InChI=1S/C45H28N2OS/c1-4-12-29(13-5-1)37-26-31-20-21-33(27-38(31)43-36(37)23-25-42-44(43)46-45(49-42)30-14-6-2-7-15-30)47(32-16-8-3-9-17-32)34-22-24-41-39(28-34)35-18-10-11-19-40(35)48-41/h1-28H. The van der Waals surface area contributed by atoms with Crippen molar-refractivity contribution in [2.45, 2.75) is 0 Å². The Hall–Kier alpha value is -6.23. The summed E-state index contributed by atoms with van der Waals surface area (Å²) in [5.74, 6) is 0. The van der Waals surface area contributed by atoms with Crippen molar-refractivity contribution in [2.24, 2.45) is 0 Å². The quantitative estimate of drug-likeness (QED) is 0.175. The van der Waals surface area contributed by atoms with Crippen LogP contribution in [0, 0.1) is 0 Å². The number of rotatable bonds is 5. The van der Waals surface area contributed by atoms with Gasteiger partial charge in [0.2, 0.25) is 0 Å². The number of benzene rings is 8. The molecule has 49 heavy (non-hydrogen) atoms. The van der Waals surface area contributed by atoms with E-state index in [-0.39, 0.29) is 0 Å². The van der Waals surface area contributed by atoms with Gasteiger partial charge < -0.3 is 9.32 Å². The third-order valence-corrected chi connectivity index (χ3v) is 10.5. The number of fused-ring (bicyclic) bond motifs is 8. The summed E-state index contributed by atoms with van der Waals surface area (Å²) in [5.41, 5.74) is 9.61. The normalized spacial score (nSPS) is 11.7. The highest BCUT2D eigenvalue weighted by atomic mass is 32.1. The topological polar surface area (TPSA) is 29.3 Å². The Balaban J connectivity index is 1.25. The van der Waals surface area contributed by atoms with Gasteiger partial charge in [0.1, 0.15) is 16.2 Å². The molecule has 0 radical (unpaired) electrons. The number of hydrogen-bond acceptors (Lipinski definition) is 4. The maximum atomic E-state index is 6.20. The highest BCUT2D eigenvalue weighted by molar-refractivity contribution is 7.21. The molecule has 0 saturated carbocycles. The van der Waals surface area contributed by atoms with Crippen molar-refractivity contribution in [2.75, 3.05) is 4.90 Å². The van der Waals surface area contributed by atoms with Gasteiger partial charge in [0, 0.05) is 38.8 Å². The first-order valence-corrected chi connectivity index (χ1v) is 17.3. The van der Waals surface area contributed by atoms with Crippen LogP contribution in [0.5, 0.6) is 0 Å². The Morgan fingerprint density at radius 1 is 0.469 bits per heavy atom. The van der Waals surface area contributed by atoms with Crippen molar-refractivity contribution in [3.05, 3.63) is 170 Å². The van der Waals surface area contributed by atoms with Gasteiger partial charge in [-0.1, -0.05) is 109 Å². The van der Waals surface area contributed by atoms with Crippen LogP contribution in [-0.2, 0) is 0 Å². The molecule has 10 rings (SSSR count). The second kappa shape index (κ2) is 11.2. The van der Waals surface area contributed by atoms with E-state index in [9.17, 15) is 0 Å². The van der Waals surface area contributed by atoms with Crippen LogP contribution in [0.25, 0.3) is 75.4 Å². The maximum Gasteiger partial charge on any atom is 0.135 e. The van der Waals surface area contributed by atoms with Crippen LogP contribution in [0.15, 0.2) is 174 Å². The molecule has 0 aliphatic carbocycles. The van der Waals surface area contributed by atoms with Crippen LogP contribution in [0.2, 0.25) is 0 Å². The molecule has 4 heteroatoms. The molecule has 0 fully saturated rings. The number of furan rings is 1. The summed E-state index contributed by atoms with van der Waals surface area (Å²) in [4.78, 5) is 7.68. The van der Waals surface area contributed by atoms with Gasteiger partial charge in [-0.05, 0) is 87.9 Å². The molecule has 0 atom stereocenters. The Labute approximate surface area is 286 Å². The summed E-state index contributed by atoms with van der Waals surface area (Å²) in [7, 11) is 0. The van der Waals surface area contributed by atoms with Crippen LogP contribution in [-0.4, -0.2) is 4.98 Å². The Morgan fingerprint density at radius 2 is 1.12 bits per heavy atom. The molecule has 0 N–H and O–H groups in total. The van der Waals surface area contributed by atoms with E-state index < -0.39 is 0 Å². The summed E-state index contributed by atoms with van der Waals surface area (Å²) < 4.78 is 7.38. The monoisotopic (exact) mass is 644 g/mol. The fourth-order valence-electron chi connectivity index (χ4n) is 7.19. The van der Waals surface area contributed by atoms with Gasteiger partial charge >= 0.3 is 0 Å². The minimum Gasteiger partial charge on any atom is -0.456 e. The molecule has 2 heterocycles. The molecule has 10 aromatic rings. The lowest BCUT2D eigenvalue weighted by Gasteiger charge is -2.26. The van der Waals surface area contributed by atoms with Crippen molar-refractivity contribution in [3.63, 3.8) is 0 Å². The second-order valence-corrected chi connectivity index (χ2v) is 13.4. The van der Waals surface area contributed by atoms with Gasteiger partial charge in [-0.15, -0.1) is 11.3 Å². The van der Waals surface area contributed by atoms with Crippen LogP contribution < -0.4 is 4.90 Å². The number of nitrogens with zero attached hydrogens (tertiary/aromatic N) is 2. The zero-order valence-electron chi connectivity index (χ0n) is 26.4. The predicted octanol–water partition coefficient (Wildman–Crippen LogP) is 13.3. The Bertz CT molecular complexity index is 2820. The van der Waals surface area contributed by atoms with Crippen molar-refractivity contribution < 1.29 is 4.42 Å². The predicted molar refractivity (Wildman–Crippen MR) is 207 cm³/mol. The highest BCUT2D eigenvalue weighted by Gasteiger charge is 2.19. The van der Waals surface area contributed by atoms with E-state index in [4.69, 9.17) is 9.40 Å². The van der Waals surface area contributed by atoms with E-state index in [1.165, 1.54) is 37.4 Å². The van der Waals surface area contributed by atoms with Gasteiger partial charge in [0.05, 0.1) is 10.2 Å². The number of para-hydroxylation sites is 2. The van der Waals surface area contributed by atoms with E-state index in [0.29, 0.717) is 0 Å². The first-order chi connectivity index (χ1) is 24.3. The Kier molecular flexibility index (Phi) is 6.36. The Morgan fingerprint density at radius 3 is 1.92 bits per heavy atom. The fraction of sp³-hybridized carbons (Fsp3) is 0. The van der Waals surface area contributed by atoms with Gasteiger partial charge in [-0.2, -0.15) is 0 Å². The van der Waals surface area contributed by atoms with Crippen molar-refractivity contribution in [3.8, 4) is 21.7 Å². The molecule has 0 aliphatic rings. The van der Waals surface area contributed by atoms with E-state index in [1.54, 1.807) is 11.3 Å². The molecular weight excluding hydrogens is 617 g/mol. The molecule has 0 bridgehead atoms. The minimum absolute atomic E-state index is 0.885. The molecule has 0 saturated heterocycles. The first kappa shape index (κ1) is 27.8.